The second kappa shape index (κ2) is 8.13. The summed E-state index contributed by atoms with van der Waals surface area (Å²) in [6.07, 6.45) is 5.10. The summed E-state index contributed by atoms with van der Waals surface area (Å²) in [5.41, 5.74) is 1.29. The van der Waals surface area contributed by atoms with E-state index in [2.05, 4.69) is 10.3 Å². The van der Waals surface area contributed by atoms with Gasteiger partial charge in [-0.1, -0.05) is 0 Å². The number of methoxy groups -OCH3 is 1. The monoisotopic (exact) mass is 426 g/mol. The molecular weight excluding hydrogens is 404 g/mol. The minimum Gasteiger partial charge on any atom is -0.493 e. The largest absolute Gasteiger partial charge is 0.493 e. The van der Waals surface area contributed by atoms with Crippen molar-refractivity contribution < 1.29 is 29.0 Å². The SMILES string of the molecule is COc1cc2c(cc1OCC(=O)Nc1cc(C(=O)O)n(C)c1)N=C[C@@H]1CCCN1C2=O. The van der Waals surface area contributed by atoms with Gasteiger partial charge < -0.3 is 29.4 Å². The van der Waals surface area contributed by atoms with E-state index in [1.165, 1.54) is 23.9 Å². The van der Waals surface area contributed by atoms with Crippen LogP contribution in [-0.4, -0.2) is 64.9 Å². The summed E-state index contributed by atoms with van der Waals surface area (Å²) in [4.78, 5) is 42.5. The van der Waals surface area contributed by atoms with Crippen molar-refractivity contribution in [3.8, 4) is 11.5 Å². The van der Waals surface area contributed by atoms with E-state index in [1.807, 2.05) is 0 Å². The second-order valence-corrected chi connectivity index (χ2v) is 7.37. The van der Waals surface area contributed by atoms with Crippen LogP contribution in [0.25, 0.3) is 0 Å². The molecule has 0 spiro atoms. The van der Waals surface area contributed by atoms with Gasteiger partial charge in [0.1, 0.15) is 5.69 Å². The Hall–Kier alpha value is -3.82. The average molecular weight is 426 g/mol. The van der Waals surface area contributed by atoms with Gasteiger partial charge >= 0.3 is 5.97 Å². The molecule has 2 N–H and O–H groups in total. The van der Waals surface area contributed by atoms with Crippen molar-refractivity contribution in [2.75, 3.05) is 25.6 Å². The lowest BCUT2D eigenvalue weighted by molar-refractivity contribution is -0.118. The van der Waals surface area contributed by atoms with Crippen molar-refractivity contribution in [3.63, 3.8) is 0 Å². The smallest absolute Gasteiger partial charge is 0.352 e. The summed E-state index contributed by atoms with van der Waals surface area (Å²) in [7, 11) is 3.03. The van der Waals surface area contributed by atoms with Crippen LogP contribution < -0.4 is 14.8 Å². The van der Waals surface area contributed by atoms with Crippen LogP contribution in [0.1, 0.15) is 33.7 Å². The van der Waals surface area contributed by atoms with Crippen LogP contribution in [0, 0.1) is 0 Å². The summed E-state index contributed by atoms with van der Waals surface area (Å²) in [6, 6.07) is 4.51. The quantitative estimate of drug-likeness (QED) is 0.729. The van der Waals surface area contributed by atoms with Gasteiger partial charge in [-0.3, -0.25) is 14.6 Å². The molecule has 0 aliphatic carbocycles. The lowest BCUT2D eigenvalue weighted by Crippen LogP contribution is -2.35. The number of hydrogen-bond donors (Lipinski definition) is 2. The number of hydrogen-bond acceptors (Lipinski definition) is 6. The number of aromatic carboxylic acids is 1. The van der Waals surface area contributed by atoms with E-state index < -0.39 is 11.9 Å². The van der Waals surface area contributed by atoms with Crippen LogP contribution in [0.4, 0.5) is 11.4 Å². The number of anilines is 1. The molecule has 0 saturated carbocycles. The molecule has 2 aliphatic heterocycles. The Bertz CT molecular complexity index is 1090. The van der Waals surface area contributed by atoms with Crippen LogP contribution >= 0.6 is 0 Å². The molecule has 2 amide bonds. The molecule has 31 heavy (non-hydrogen) atoms. The van der Waals surface area contributed by atoms with E-state index in [-0.39, 0.29) is 30.0 Å². The number of nitrogens with one attached hydrogen (secondary N) is 1. The first-order valence-corrected chi connectivity index (χ1v) is 9.77. The Morgan fingerprint density at radius 1 is 1.29 bits per heavy atom. The van der Waals surface area contributed by atoms with E-state index in [0.29, 0.717) is 29.2 Å². The molecule has 2 aliphatic rings. The van der Waals surface area contributed by atoms with Crippen molar-refractivity contribution in [2.24, 2.45) is 12.0 Å². The van der Waals surface area contributed by atoms with Gasteiger partial charge in [-0.25, -0.2) is 4.79 Å². The number of carboxylic acids is 1. The Balaban J connectivity index is 1.49. The zero-order valence-corrected chi connectivity index (χ0v) is 17.1. The number of carbonyl (C=O) groups excluding carboxylic acids is 2. The lowest BCUT2D eigenvalue weighted by atomic mass is 10.1. The summed E-state index contributed by atoms with van der Waals surface area (Å²) in [5, 5.41) is 11.7. The maximum Gasteiger partial charge on any atom is 0.352 e. The molecule has 3 heterocycles. The maximum atomic E-state index is 12.9. The molecule has 1 fully saturated rings. The molecule has 0 bridgehead atoms. The highest BCUT2D eigenvalue weighted by atomic mass is 16.5. The fraction of sp³-hybridized carbons (Fsp3) is 0.333. The molecule has 162 valence electrons. The highest BCUT2D eigenvalue weighted by Gasteiger charge is 2.32. The number of benzene rings is 1. The van der Waals surface area contributed by atoms with E-state index in [9.17, 15) is 14.4 Å². The topological polar surface area (TPSA) is 122 Å². The molecule has 4 rings (SSSR count). The van der Waals surface area contributed by atoms with Gasteiger partial charge in [0.15, 0.2) is 18.1 Å². The molecule has 2 aromatic rings. The Kier molecular flexibility index (Phi) is 5.37. The van der Waals surface area contributed by atoms with E-state index in [4.69, 9.17) is 14.6 Å². The minimum absolute atomic E-state index is 0.0115. The lowest BCUT2D eigenvalue weighted by Gasteiger charge is -2.20. The number of fused-ring (bicyclic) bond motifs is 2. The van der Waals surface area contributed by atoms with Crippen molar-refractivity contribution in [1.29, 1.82) is 0 Å². The standard InChI is InChI=1S/C21H22N4O6/c1-24-10-12(6-16(24)21(28)29)23-19(26)11-31-18-8-15-14(7-17(18)30-2)20(27)25-5-3-4-13(25)9-22-15/h6-10,13H,3-5,11H2,1-2H3,(H,23,26)(H,28,29)/t13-/m0/s1. The normalized spacial score (nSPS) is 17.0. The predicted octanol–water partition coefficient (Wildman–Crippen LogP) is 2.07. The van der Waals surface area contributed by atoms with E-state index in [1.54, 1.807) is 30.3 Å². The Labute approximate surface area is 178 Å². The third-order valence-electron chi connectivity index (χ3n) is 5.32. The van der Waals surface area contributed by atoms with Gasteiger partial charge in [-0.05, 0) is 25.0 Å². The van der Waals surface area contributed by atoms with Gasteiger partial charge in [-0.15, -0.1) is 0 Å². The summed E-state index contributed by atoms with van der Waals surface area (Å²) in [6.45, 7) is 0.359. The molecule has 1 saturated heterocycles. The van der Waals surface area contributed by atoms with Crippen molar-refractivity contribution in [3.05, 3.63) is 35.7 Å². The molecule has 10 nitrogen and oxygen atoms in total. The van der Waals surface area contributed by atoms with Crippen molar-refractivity contribution >= 4 is 35.4 Å². The third kappa shape index (κ3) is 3.96. The zero-order valence-electron chi connectivity index (χ0n) is 17.1. The van der Waals surface area contributed by atoms with Crippen LogP contribution in [0.15, 0.2) is 29.4 Å². The molecule has 1 atom stereocenters. The molecule has 0 unspecified atom stereocenters. The average Bonchev–Trinajstić information content (AvgIpc) is 3.33. The summed E-state index contributed by atoms with van der Waals surface area (Å²) < 4.78 is 12.4. The fourth-order valence-corrected chi connectivity index (χ4v) is 3.81. The number of nitrogens with zero attached hydrogens (tertiary/aromatic N) is 3. The first-order chi connectivity index (χ1) is 14.9. The van der Waals surface area contributed by atoms with Crippen LogP contribution in [0.2, 0.25) is 0 Å². The minimum atomic E-state index is -1.09. The number of aryl methyl sites for hydroxylation is 1. The number of rotatable bonds is 6. The maximum absolute atomic E-state index is 12.9. The highest BCUT2D eigenvalue weighted by Crippen LogP contribution is 2.38. The van der Waals surface area contributed by atoms with Crippen molar-refractivity contribution in [1.82, 2.24) is 9.47 Å². The number of ether oxygens (including phenoxy) is 2. The number of aliphatic imine (C=N–C) groups is 1. The molecule has 10 heteroatoms. The van der Waals surface area contributed by atoms with Crippen LogP contribution in [0.5, 0.6) is 11.5 Å². The number of carbonyl (C=O) groups is 3. The Morgan fingerprint density at radius 2 is 2.10 bits per heavy atom. The van der Waals surface area contributed by atoms with Gasteiger partial charge in [-0.2, -0.15) is 0 Å². The van der Waals surface area contributed by atoms with E-state index >= 15 is 0 Å². The van der Waals surface area contributed by atoms with Gasteiger partial charge in [0.05, 0.1) is 30.1 Å². The molecule has 0 radical (unpaired) electrons. The predicted molar refractivity (Wildman–Crippen MR) is 112 cm³/mol. The zero-order chi connectivity index (χ0) is 22.1. The number of aromatic nitrogens is 1. The second-order valence-electron chi connectivity index (χ2n) is 7.37. The first-order valence-electron chi connectivity index (χ1n) is 9.77. The van der Waals surface area contributed by atoms with Gasteiger partial charge in [0.25, 0.3) is 11.8 Å². The summed E-state index contributed by atoms with van der Waals surface area (Å²) >= 11 is 0. The highest BCUT2D eigenvalue weighted by molar-refractivity contribution is 6.03. The Morgan fingerprint density at radius 3 is 2.81 bits per heavy atom. The third-order valence-corrected chi connectivity index (χ3v) is 5.32. The van der Waals surface area contributed by atoms with Crippen molar-refractivity contribution in [2.45, 2.75) is 18.9 Å². The van der Waals surface area contributed by atoms with Gasteiger partial charge in [0, 0.05) is 32.1 Å². The fourth-order valence-electron chi connectivity index (χ4n) is 3.81. The summed E-state index contributed by atoms with van der Waals surface area (Å²) in [5.74, 6) is -1.07. The first kappa shape index (κ1) is 20.5. The van der Waals surface area contributed by atoms with Gasteiger partial charge in [0.2, 0.25) is 0 Å². The van der Waals surface area contributed by atoms with E-state index in [0.717, 1.165) is 12.8 Å². The number of amides is 2. The number of carboxylic acid groups (broad SMARTS) is 1. The van der Waals surface area contributed by atoms with Crippen LogP contribution in [-0.2, 0) is 11.8 Å². The molecular formula is C21H22N4O6. The van der Waals surface area contributed by atoms with Crippen LogP contribution in [0.3, 0.4) is 0 Å². The molecule has 1 aromatic carbocycles. The molecule has 1 aromatic heterocycles.